The van der Waals surface area contributed by atoms with Gasteiger partial charge in [0.1, 0.15) is 11.6 Å². The predicted molar refractivity (Wildman–Crippen MR) is 75.8 cm³/mol. The van der Waals surface area contributed by atoms with Crippen molar-refractivity contribution < 1.29 is 13.6 Å². The van der Waals surface area contributed by atoms with Crippen LogP contribution < -0.4 is 5.32 Å². The second kappa shape index (κ2) is 5.38. The molecule has 100 valence electrons. The number of carbonyl (C=O) groups is 1. The predicted octanol–water partition coefficient (Wildman–Crippen LogP) is 4.66. The number of hydrogen-bond acceptors (Lipinski definition) is 2. The van der Waals surface area contributed by atoms with Crippen molar-refractivity contribution in [1.29, 1.82) is 0 Å². The van der Waals surface area contributed by atoms with Gasteiger partial charge in [0.05, 0.1) is 14.4 Å². The molecule has 0 unspecified atom stereocenters. The molecule has 1 aromatic heterocycles. The molecule has 1 amide bonds. The van der Waals surface area contributed by atoms with Crippen LogP contribution in [0.1, 0.15) is 20.8 Å². The summed E-state index contributed by atoms with van der Waals surface area (Å²) in [5, 5.41) is 2.37. The maximum absolute atomic E-state index is 13.6. The van der Waals surface area contributed by atoms with Gasteiger partial charge >= 0.3 is 0 Å². The average Bonchev–Trinajstić information content (AvgIpc) is 2.67. The first-order chi connectivity index (χ1) is 8.88. The van der Waals surface area contributed by atoms with Gasteiger partial charge in [0.15, 0.2) is 0 Å². The van der Waals surface area contributed by atoms with Crippen LogP contribution in [0, 0.1) is 25.5 Å². The number of anilines is 1. The number of hydrogen-bond donors (Lipinski definition) is 1. The lowest BCUT2D eigenvalue weighted by molar-refractivity contribution is 0.103. The minimum atomic E-state index is -0.653. The Hall–Kier alpha value is -1.27. The molecule has 1 aromatic carbocycles. The van der Waals surface area contributed by atoms with Crippen LogP contribution >= 0.6 is 27.3 Å². The lowest BCUT2D eigenvalue weighted by Gasteiger charge is -2.06. The number of carbonyl (C=O) groups excluding carboxylic acids is 1. The number of nitrogens with one attached hydrogen (secondary N) is 1. The van der Waals surface area contributed by atoms with Gasteiger partial charge in [0.25, 0.3) is 5.91 Å². The van der Waals surface area contributed by atoms with E-state index < -0.39 is 17.5 Å². The molecule has 0 aliphatic carbocycles. The maximum Gasteiger partial charge on any atom is 0.265 e. The Bertz CT molecular complexity index is 635. The molecule has 1 heterocycles. The summed E-state index contributed by atoms with van der Waals surface area (Å²) in [4.78, 5) is 12.4. The first kappa shape index (κ1) is 14.1. The van der Waals surface area contributed by atoms with E-state index >= 15 is 0 Å². The lowest BCUT2D eigenvalue weighted by Crippen LogP contribution is -2.12. The van der Waals surface area contributed by atoms with Crippen molar-refractivity contribution in [3.63, 3.8) is 0 Å². The van der Waals surface area contributed by atoms with E-state index in [0.717, 1.165) is 21.5 Å². The van der Waals surface area contributed by atoms with E-state index in [1.54, 1.807) is 6.07 Å². The Labute approximate surface area is 121 Å². The van der Waals surface area contributed by atoms with Crippen molar-refractivity contribution in [2.75, 3.05) is 5.32 Å². The third-order valence-electron chi connectivity index (χ3n) is 2.58. The highest BCUT2D eigenvalue weighted by molar-refractivity contribution is 9.11. The Morgan fingerprint density at radius 1 is 1.16 bits per heavy atom. The molecule has 0 fully saturated rings. The fourth-order valence-corrected chi connectivity index (χ4v) is 2.93. The van der Waals surface area contributed by atoms with Crippen molar-refractivity contribution in [1.82, 2.24) is 0 Å². The maximum atomic E-state index is 13.6. The van der Waals surface area contributed by atoms with Crippen LogP contribution in [0.4, 0.5) is 14.5 Å². The quantitative estimate of drug-likeness (QED) is 0.842. The molecule has 2 aromatic rings. The molecule has 0 aliphatic heterocycles. The van der Waals surface area contributed by atoms with Gasteiger partial charge in [0.2, 0.25) is 0 Å². The molecular formula is C13H10BrF2NOS. The van der Waals surface area contributed by atoms with Crippen molar-refractivity contribution in [3.05, 3.63) is 49.6 Å². The fraction of sp³-hybridized carbons (Fsp3) is 0.154. The van der Waals surface area contributed by atoms with Crippen LogP contribution in [0.3, 0.4) is 0 Å². The topological polar surface area (TPSA) is 29.1 Å². The molecule has 1 N–H and O–H groups in total. The van der Waals surface area contributed by atoms with E-state index in [4.69, 9.17) is 0 Å². The van der Waals surface area contributed by atoms with E-state index in [1.807, 2.05) is 6.92 Å². The summed E-state index contributed by atoms with van der Waals surface area (Å²) >= 11 is 4.55. The average molecular weight is 346 g/mol. The third kappa shape index (κ3) is 3.01. The number of halogens is 3. The first-order valence-corrected chi connectivity index (χ1v) is 7.02. The van der Waals surface area contributed by atoms with E-state index in [9.17, 15) is 13.6 Å². The largest absolute Gasteiger partial charge is 0.319 e. The summed E-state index contributed by atoms with van der Waals surface area (Å²) in [7, 11) is 0. The minimum Gasteiger partial charge on any atom is -0.319 e. The van der Waals surface area contributed by atoms with E-state index in [2.05, 4.69) is 21.2 Å². The molecule has 2 nitrogen and oxygen atoms in total. The van der Waals surface area contributed by atoms with Crippen LogP contribution in [0.15, 0.2) is 22.0 Å². The summed E-state index contributed by atoms with van der Waals surface area (Å²) in [6.45, 7) is 3.31. The summed E-state index contributed by atoms with van der Waals surface area (Å²) in [6, 6.07) is 3.73. The van der Waals surface area contributed by atoms with Crippen molar-refractivity contribution in [3.8, 4) is 0 Å². The Kier molecular flexibility index (Phi) is 4.01. The van der Waals surface area contributed by atoms with Gasteiger partial charge in [-0.05, 0) is 53.0 Å². The monoisotopic (exact) mass is 345 g/mol. The molecule has 6 heteroatoms. The molecule has 0 aliphatic rings. The zero-order valence-electron chi connectivity index (χ0n) is 10.2. The fourth-order valence-electron chi connectivity index (χ4n) is 1.50. The van der Waals surface area contributed by atoms with Gasteiger partial charge in [-0.15, -0.1) is 11.3 Å². The molecule has 0 atom stereocenters. The molecule has 2 rings (SSSR count). The zero-order chi connectivity index (χ0) is 14.2. The highest BCUT2D eigenvalue weighted by atomic mass is 79.9. The number of aryl methyl sites for hydroxylation is 2. The second-order valence-electron chi connectivity index (χ2n) is 4.10. The van der Waals surface area contributed by atoms with Crippen molar-refractivity contribution >= 4 is 38.9 Å². The van der Waals surface area contributed by atoms with Gasteiger partial charge in [0, 0.05) is 6.07 Å². The van der Waals surface area contributed by atoms with Gasteiger partial charge in [-0.25, -0.2) is 8.78 Å². The molecule has 0 spiro atoms. The van der Waals surface area contributed by atoms with Crippen LogP contribution in [0.25, 0.3) is 0 Å². The molecule has 0 saturated heterocycles. The first-order valence-electron chi connectivity index (χ1n) is 5.41. The minimum absolute atomic E-state index is 0.157. The van der Waals surface area contributed by atoms with Crippen LogP contribution in [-0.4, -0.2) is 5.91 Å². The van der Waals surface area contributed by atoms with Gasteiger partial charge in [-0.1, -0.05) is 0 Å². The lowest BCUT2D eigenvalue weighted by atomic mass is 10.2. The highest BCUT2D eigenvalue weighted by Gasteiger charge is 2.14. The number of amides is 1. The summed E-state index contributed by atoms with van der Waals surface area (Å²) < 4.78 is 27.8. The van der Waals surface area contributed by atoms with Crippen LogP contribution in [0.5, 0.6) is 0 Å². The Morgan fingerprint density at radius 3 is 2.42 bits per heavy atom. The number of rotatable bonds is 2. The smallest absolute Gasteiger partial charge is 0.265 e. The standard InChI is InChI=1S/C13H10BrF2NOS/c1-6-3-9(16)10(5-8(6)15)17-13(18)11-4-7(2)12(14)19-11/h3-5H,1-2H3,(H,17,18). The van der Waals surface area contributed by atoms with Crippen molar-refractivity contribution in [2.45, 2.75) is 13.8 Å². The molecule has 0 bridgehead atoms. The third-order valence-corrected chi connectivity index (χ3v) is 4.71. The number of thiophene rings is 1. The Balaban J connectivity index is 2.26. The normalized spacial score (nSPS) is 10.6. The summed E-state index contributed by atoms with van der Waals surface area (Å²) in [5.41, 5.74) is 0.964. The molecule has 0 radical (unpaired) electrons. The Morgan fingerprint density at radius 2 is 1.84 bits per heavy atom. The summed E-state index contributed by atoms with van der Waals surface area (Å²) in [6.07, 6.45) is 0. The van der Waals surface area contributed by atoms with Crippen LogP contribution in [0.2, 0.25) is 0 Å². The van der Waals surface area contributed by atoms with Crippen LogP contribution in [-0.2, 0) is 0 Å². The highest BCUT2D eigenvalue weighted by Crippen LogP contribution is 2.28. The SMILES string of the molecule is Cc1cc(F)c(NC(=O)c2cc(C)c(Br)s2)cc1F. The van der Waals surface area contributed by atoms with Crippen molar-refractivity contribution in [2.24, 2.45) is 0 Å². The second-order valence-corrected chi connectivity index (χ2v) is 6.47. The molecule has 19 heavy (non-hydrogen) atoms. The van der Waals surface area contributed by atoms with E-state index in [-0.39, 0.29) is 11.3 Å². The zero-order valence-corrected chi connectivity index (χ0v) is 12.6. The van der Waals surface area contributed by atoms with Gasteiger partial charge in [-0.2, -0.15) is 0 Å². The summed E-state index contributed by atoms with van der Waals surface area (Å²) in [5.74, 6) is -1.67. The van der Waals surface area contributed by atoms with Gasteiger partial charge < -0.3 is 5.32 Å². The molecule has 0 saturated carbocycles. The van der Waals surface area contributed by atoms with Gasteiger partial charge in [-0.3, -0.25) is 4.79 Å². The van der Waals surface area contributed by atoms with E-state index in [1.165, 1.54) is 18.3 Å². The molecular weight excluding hydrogens is 336 g/mol. The number of benzene rings is 1. The van der Waals surface area contributed by atoms with E-state index in [0.29, 0.717) is 4.88 Å².